The van der Waals surface area contributed by atoms with E-state index in [4.69, 9.17) is 4.74 Å². The topological polar surface area (TPSA) is 109 Å². The number of alkyl carbamates (subject to hydrolysis) is 1. The first-order chi connectivity index (χ1) is 25.5. The molecule has 0 spiro atoms. The van der Waals surface area contributed by atoms with Crippen molar-refractivity contribution in [3.63, 3.8) is 0 Å². The number of fused-ring (bicyclic) bond motifs is 1. The first-order valence-electron chi connectivity index (χ1n) is 18.6. The number of benzene rings is 4. The fourth-order valence-corrected chi connectivity index (χ4v) is 7.83. The number of imidazole rings is 1. The zero-order valence-corrected chi connectivity index (χ0v) is 31.0. The highest BCUT2D eigenvalue weighted by molar-refractivity contribution is 5.76. The summed E-state index contributed by atoms with van der Waals surface area (Å²) >= 11 is 0. The monoisotopic (exact) mass is 717 g/mol. The highest BCUT2D eigenvalue weighted by atomic mass is 16.6. The molecule has 0 bridgehead atoms. The summed E-state index contributed by atoms with van der Waals surface area (Å²) in [5.41, 5.74) is 3.19. The van der Waals surface area contributed by atoms with Gasteiger partial charge in [0.1, 0.15) is 11.3 Å². The van der Waals surface area contributed by atoms with Crippen LogP contribution in [0.15, 0.2) is 120 Å². The Morgan fingerprint density at radius 3 is 1.94 bits per heavy atom. The Hall–Kier alpha value is -5.35. The van der Waals surface area contributed by atoms with Gasteiger partial charge in [0.25, 0.3) is 0 Å². The minimum absolute atomic E-state index is 0.179. The lowest BCUT2D eigenvalue weighted by molar-refractivity contribution is -0.0980. The molecule has 2 unspecified atom stereocenters. The minimum atomic E-state index is -0.961. The van der Waals surface area contributed by atoms with Crippen molar-refractivity contribution in [3.8, 4) is 0 Å². The van der Waals surface area contributed by atoms with Crippen LogP contribution in [0.3, 0.4) is 0 Å². The first kappa shape index (κ1) is 37.4. The number of carbonyl (C=O) groups is 2. The van der Waals surface area contributed by atoms with Crippen LogP contribution in [0.5, 0.6) is 0 Å². The number of carbonyl (C=O) groups excluding carboxylic acids is 1. The highest BCUT2D eigenvalue weighted by Crippen LogP contribution is 2.43. The summed E-state index contributed by atoms with van der Waals surface area (Å²) in [5.74, 6) is 0. The Kier molecular flexibility index (Phi) is 11.7. The van der Waals surface area contributed by atoms with E-state index >= 15 is 0 Å². The van der Waals surface area contributed by atoms with Gasteiger partial charge in [-0.25, -0.2) is 14.4 Å². The maximum atomic E-state index is 14.5. The third-order valence-corrected chi connectivity index (χ3v) is 10.1. The molecule has 1 aliphatic heterocycles. The molecule has 4 aromatic carbocycles. The van der Waals surface area contributed by atoms with E-state index in [2.05, 4.69) is 46.6 Å². The van der Waals surface area contributed by atoms with Crippen molar-refractivity contribution in [3.05, 3.63) is 142 Å². The quantitative estimate of drug-likeness (QED) is 0.128. The van der Waals surface area contributed by atoms with Crippen LogP contribution in [0.2, 0.25) is 0 Å². The van der Waals surface area contributed by atoms with Gasteiger partial charge in [-0.15, -0.1) is 0 Å². The Balaban J connectivity index is 1.41. The normalized spacial score (nSPS) is 17.6. The van der Waals surface area contributed by atoms with Crippen molar-refractivity contribution in [2.75, 3.05) is 13.1 Å². The molecule has 53 heavy (non-hydrogen) atoms. The van der Waals surface area contributed by atoms with E-state index < -0.39 is 23.5 Å². The fraction of sp³-hybridized carbons (Fsp3) is 0.372. The van der Waals surface area contributed by atoms with E-state index in [-0.39, 0.29) is 31.4 Å². The third kappa shape index (κ3) is 9.00. The second kappa shape index (κ2) is 16.5. The zero-order chi connectivity index (χ0) is 37.4. The number of hydrogen-bond donors (Lipinski definition) is 2. The van der Waals surface area contributed by atoms with Crippen molar-refractivity contribution in [1.29, 1.82) is 0 Å². The van der Waals surface area contributed by atoms with Gasteiger partial charge in [-0.05, 0) is 75.3 Å². The molecule has 10 heteroatoms. The van der Waals surface area contributed by atoms with E-state index in [0.29, 0.717) is 32.4 Å². The highest BCUT2D eigenvalue weighted by Gasteiger charge is 2.49. The summed E-state index contributed by atoms with van der Waals surface area (Å²) in [4.78, 5) is 44.3. The van der Waals surface area contributed by atoms with Crippen LogP contribution >= 0.6 is 0 Å². The van der Waals surface area contributed by atoms with Crippen LogP contribution in [0.1, 0.15) is 69.2 Å². The average Bonchev–Trinajstić information content (AvgIpc) is 3.42. The molecular formula is C43H51N5O5. The summed E-state index contributed by atoms with van der Waals surface area (Å²) in [7, 11) is 0. The van der Waals surface area contributed by atoms with Gasteiger partial charge in [0, 0.05) is 45.2 Å². The number of amides is 2. The van der Waals surface area contributed by atoms with Crippen molar-refractivity contribution in [1.82, 2.24) is 24.3 Å². The van der Waals surface area contributed by atoms with Gasteiger partial charge in [-0.2, -0.15) is 0 Å². The lowest BCUT2D eigenvalue weighted by Crippen LogP contribution is -2.65. The van der Waals surface area contributed by atoms with Gasteiger partial charge in [0.15, 0.2) is 0 Å². The fourth-order valence-electron chi connectivity index (χ4n) is 7.83. The van der Waals surface area contributed by atoms with Crippen LogP contribution in [0.25, 0.3) is 11.0 Å². The number of aryl methyl sites for hydroxylation is 1. The van der Waals surface area contributed by atoms with E-state index in [1.165, 1.54) is 5.56 Å². The molecular weight excluding hydrogens is 667 g/mol. The molecule has 1 saturated heterocycles. The van der Waals surface area contributed by atoms with E-state index in [0.717, 1.165) is 35.0 Å². The number of piperidine rings is 1. The molecule has 2 amide bonds. The third-order valence-electron chi connectivity index (χ3n) is 10.1. The molecule has 0 saturated carbocycles. The maximum absolute atomic E-state index is 14.5. The summed E-state index contributed by atoms with van der Waals surface area (Å²) in [5, 5.41) is 13.7. The predicted octanol–water partition coefficient (Wildman–Crippen LogP) is 8.06. The van der Waals surface area contributed by atoms with Gasteiger partial charge < -0.3 is 15.2 Å². The molecule has 2 heterocycles. The number of para-hydroxylation sites is 2. The predicted molar refractivity (Wildman–Crippen MR) is 208 cm³/mol. The maximum Gasteiger partial charge on any atom is 0.408 e. The number of nitrogens with zero attached hydrogens (tertiary/aromatic N) is 4. The minimum Gasteiger partial charge on any atom is -0.465 e. The van der Waals surface area contributed by atoms with Gasteiger partial charge in [-0.1, -0.05) is 103 Å². The largest absolute Gasteiger partial charge is 0.465 e. The number of aromatic nitrogens is 2. The molecule has 5 aromatic rings. The molecule has 2 atom stereocenters. The molecule has 10 nitrogen and oxygen atoms in total. The smallest absolute Gasteiger partial charge is 0.408 e. The van der Waals surface area contributed by atoms with Crippen LogP contribution in [0, 0.1) is 0 Å². The zero-order valence-electron chi connectivity index (χ0n) is 31.0. The number of hydrogen-bond acceptors (Lipinski definition) is 5. The molecule has 278 valence electrons. The van der Waals surface area contributed by atoms with Gasteiger partial charge >= 0.3 is 17.9 Å². The Morgan fingerprint density at radius 1 is 0.830 bits per heavy atom. The molecule has 1 aromatic heterocycles. The lowest BCUT2D eigenvalue weighted by atomic mass is 9.84. The van der Waals surface area contributed by atoms with Crippen molar-refractivity contribution in [2.45, 2.75) is 89.8 Å². The van der Waals surface area contributed by atoms with Crippen LogP contribution in [-0.4, -0.2) is 60.6 Å². The van der Waals surface area contributed by atoms with Crippen molar-refractivity contribution < 1.29 is 19.4 Å². The summed E-state index contributed by atoms with van der Waals surface area (Å²) in [6.45, 7) is 7.24. The summed E-state index contributed by atoms with van der Waals surface area (Å²) in [6.07, 6.45) is 1.56. The van der Waals surface area contributed by atoms with Crippen LogP contribution in [0.4, 0.5) is 9.59 Å². The number of rotatable bonds is 13. The second-order valence-corrected chi connectivity index (χ2v) is 15.0. The number of likely N-dealkylation sites (tertiary alicyclic amines) is 1. The number of nitrogens with one attached hydrogen (secondary N) is 1. The van der Waals surface area contributed by atoms with E-state index in [9.17, 15) is 19.5 Å². The summed E-state index contributed by atoms with van der Waals surface area (Å²) < 4.78 is 8.99. The van der Waals surface area contributed by atoms with Gasteiger partial charge in [0.05, 0.1) is 11.0 Å². The number of ether oxygens (including phenoxy) is 1. The van der Waals surface area contributed by atoms with Crippen LogP contribution < -0.4 is 11.0 Å². The standard InChI is InChI=1S/C43H51N5O5/c1-42(2,3)53-39(49)44-27-29-46-37-23-13-14-24-38(37)48(40(46)50)36-25-28-47(41(51)52)43(30-36,26-15-22-33-16-7-4-8-17-33)45(31-34-18-9-5-10-19-34)32-35-20-11-6-12-21-35/h4-14,16-21,23-24,36H,15,22,25-32H2,1-3H3,(H,44,49)(H,51,52). The van der Waals surface area contributed by atoms with Crippen LogP contribution in [-0.2, 0) is 30.8 Å². The average molecular weight is 718 g/mol. The second-order valence-electron chi connectivity index (χ2n) is 15.0. The molecule has 1 fully saturated rings. The first-order valence-corrected chi connectivity index (χ1v) is 18.6. The van der Waals surface area contributed by atoms with Gasteiger partial charge in [0.2, 0.25) is 0 Å². The number of carboxylic acid groups (broad SMARTS) is 1. The van der Waals surface area contributed by atoms with Gasteiger partial charge in [-0.3, -0.25) is 18.9 Å². The molecule has 0 radical (unpaired) electrons. The molecule has 2 N–H and O–H groups in total. The Labute approximate surface area is 311 Å². The SMILES string of the molecule is CC(C)(C)OC(=O)NCCn1c(=O)n(C2CCN(C(=O)O)C(CCCc3ccccc3)(N(Cc3ccccc3)Cc3ccccc3)C2)c2ccccc21. The molecule has 0 aliphatic carbocycles. The Morgan fingerprint density at radius 2 is 1.38 bits per heavy atom. The van der Waals surface area contributed by atoms with E-state index in [1.807, 2.05) is 104 Å². The summed E-state index contributed by atoms with van der Waals surface area (Å²) in [6, 6.07) is 38.1. The Bertz CT molecular complexity index is 1980. The molecule has 1 aliphatic rings. The lowest BCUT2D eigenvalue weighted by Gasteiger charge is -2.54. The van der Waals surface area contributed by atoms with Crippen molar-refractivity contribution in [2.24, 2.45) is 0 Å². The van der Waals surface area contributed by atoms with Crippen molar-refractivity contribution >= 4 is 23.2 Å². The van der Waals surface area contributed by atoms with E-state index in [1.54, 1.807) is 9.47 Å². The molecule has 6 rings (SSSR count).